The molecule has 0 aromatic rings. The summed E-state index contributed by atoms with van der Waals surface area (Å²) in [4.78, 5) is 16.7. The van der Waals surface area contributed by atoms with Gasteiger partial charge < -0.3 is 5.73 Å². The van der Waals surface area contributed by atoms with Gasteiger partial charge in [0.05, 0.1) is 0 Å². The second-order valence-corrected chi connectivity index (χ2v) is 5.71. The van der Waals surface area contributed by atoms with Crippen LogP contribution < -0.4 is 5.73 Å². The Labute approximate surface area is 147 Å². The van der Waals surface area contributed by atoms with Gasteiger partial charge >= 0.3 is 0 Å². The van der Waals surface area contributed by atoms with Gasteiger partial charge in [-0.1, -0.05) is 38.7 Å². The number of hydrogen-bond acceptors (Lipinski definition) is 3. The third-order valence-electron chi connectivity index (χ3n) is 3.62. The van der Waals surface area contributed by atoms with Crippen LogP contribution in [0.2, 0.25) is 0 Å². The van der Waals surface area contributed by atoms with Crippen molar-refractivity contribution in [2.45, 2.75) is 73.6 Å². The number of aliphatic imine (C=N–C) groups is 1. The van der Waals surface area contributed by atoms with Gasteiger partial charge in [0.25, 0.3) is 0 Å². The average molecular weight is 328 g/mol. The van der Waals surface area contributed by atoms with Crippen LogP contribution in [0.3, 0.4) is 0 Å². The average Bonchev–Trinajstić information content (AvgIpc) is 2.54. The second-order valence-electron chi connectivity index (χ2n) is 5.71. The lowest BCUT2D eigenvalue weighted by atomic mass is 9.89. The van der Waals surface area contributed by atoms with E-state index < -0.39 is 0 Å². The molecule has 0 rings (SSSR count). The van der Waals surface area contributed by atoms with E-state index >= 15 is 0 Å². The van der Waals surface area contributed by atoms with Crippen molar-refractivity contribution >= 4 is 12.0 Å². The second kappa shape index (κ2) is 12.4. The molecule has 0 unspecified atom stereocenters. The maximum absolute atomic E-state index is 12.5. The standard InChI is InChI=1S/C21H32N2O/c1-7-11-14-16(5)19(21(22)23-10-4)20(17(6)24)18(13-9-3)15-12-8-2/h10,14H,7-8,11-12,15,22H2,1-6H3/b16-14+,20-18-,21-19+,23-10?. The summed E-state index contributed by atoms with van der Waals surface area (Å²) in [7, 11) is 0. The summed E-state index contributed by atoms with van der Waals surface area (Å²) >= 11 is 0. The molecule has 0 fully saturated rings. The molecule has 0 heterocycles. The first-order valence-electron chi connectivity index (χ1n) is 8.77. The minimum atomic E-state index is -0.0163. The van der Waals surface area contributed by atoms with Crippen LogP contribution in [-0.4, -0.2) is 12.0 Å². The summed E-state index contributed by atoms with van der Waals surface area (Å²) < 4.78 is 0. The molecular weight excluding hydrogens is 296 g/mol. The Bertz CT molecular complexity index is 607. The van der Waals surface area contributed by atoms with E-state index in [1.54, 1.807) is 20.1 Å². The monoisotopic (exact) mass is 328 g/mol. The van der Waals surface area contributed by atoms with Gasteiger partial charge in [0, 0.05) is 22.9 Å². The van der Waals surface area contributed by atoms with Crippen LogP contribution in [0.4, 0.5) is 0 Å². The van der Waals surface area contributed by atoms with E-state index in [1.807, 2.05) is 13.8 Å². The quantitative estimate of drug-likeness (QED) is 0.277. The molecule has 24 heavy (non-hydrogen) atoms. The zero-order valence-electron chi connectivity index (χ0n) is 16.1. The van der Waals surface area contributed by atoms with Gasteiger partial charge in [-0.25, -0.2) is 4.99 Å². The molecular formula is C21H32N2O. The number of carbonyl (C=O) groups excluding carboxylic acids is 1. The lowest BCUT2D eigenvalue weighted by molar-refractivity contribution is -0.113. The molecule has 0 aromatic carbocycles. The SMILES string of the molecule is CC#C/C(CCCC)=C(C(C)=O)/C(C(/C)=C/CCC)=C(\N)N=CC. The summed E-state index contributed by atoms with van der Waals surface area (Å²) in [5.74, 6) is 6.42. The molecule has 0 spiro atoms. The molecule has 0 aliphatic heterocycles. The first-order valence-corrected chi connectivity index (χ1v) is 8.77. The predicted octanol–water partition coefficient (Wildman–Crippen LogP) is 5.09. The Morgan fingerprint density at radius 1 is 1.17 bits per heavy atom. The van der Waals surface area contributed by atoms with E-state index in [4.69, 9.17) is 5.73 Å². The fraction of sp³-hybridized carbons (Fsp3) is 0.524. The number of hydrogen-bond donors (Lipinski definition) is 1. The Morgan fingerprint density at radius 3 is 2.29 bits per heavy atom. The molecule has 0 aliphatic rings. The van der Waals surface area contributed by atoms with E-state index in [9.17, 15) is 4.79 Å². The molecule has 0 aromatic heterocycles. The fourth-order valence-corrected chi connectivity index (χ4v) is 2.49. The van der Waals surface area contributed by atoms with Crippen molar-refractivity contribution in [1.29, 1.82) is 0 Å². The summed E-state index contributed by atoms with van der Waals surface area (Å²) in [5, 5.41) is 0. The molecule has 132 valence electrons. The van der Waals surface area contributed by atoms with Crippen molar-refractivity contribution in [3.63, 3.8) is 0 Å². The van der Waals surface area contributed by atoms with Crippen molar-refractivity contribution in [2.24, 2.45) is 10.7 Å². The number of rotatable bonds is 9. The van der Waals surface area contributed by atoms with E-state index in [2.05, 4.69) is 36.8 Å². The predicted molar refractivity (Wildman–Crippen MR) is 105 cm³/mol. The van der Waals surface area contributed by atoms with Gasteiger partial charge in [-0.15, -0.1) is 5.92 Å². The van der Waals surface area contributed by atoms with Crippen LogP contribution in [-0.2, 0) is 4.79 Å². The highest BCUT2D eigenvalue weighted by Crippen LogP contribution is 2.28. The van der Waals surface area contributed by atoms with E-state index in [0.717, 1.165) is 48.8 Å². The van der Waals surface area contributed by atoms with Crippen LogP contribution in [0.15, 0.2) is 39.2 Å². The summed E-state index contributed by atoms with van der Waals surface area (Å²) in [6.07, 6.45) is 8.56. The molecule has 0 amide bonds. The van der Waals surface area contributed by atoms with E-state index in [1.165, 1.54) is 0 Å². The highest BCUT2D eigenvalue weighted by molar-refractivity contribution is 6.01. The molecule has 2 N–H and O–H groups in total. The van der Waals surface area contributed by atoms with Crippen LogP contribution in [0, 0.1) is 11.8 Å². The molecule has 0 saturated heterocycles. The summed E-state index contributed by atoms with van der Waals surface area (Å²) in [5.41, 5.74) is 9.39. The molecule has 0 aliphatic carbocycles. The van der Waals surface area contributed by atoms with Crippen LogP contribution in [0.1, 0.15) is 73.6 Å². The number of nitrogens with two attached hydrogens (primary N) is 1. The highest BCUT2D eigenvalue weighted by atomic mass is 16.1. The third kappa shape index (κ3) is 7.00. The molecule has 0 saturated carbocycles. The molecule has 3 heteroatoms. The maximum Gasteiger partial charge on any atom is 0.161 e. The summed E-state index contributed by atoms with van der Waals surface area (Å²) in [6.45, 7) is 11.4. The Hall–Kier alpha value is -2.08. The molecule has 0 atom stereocenters. The Morgan fingerprint density at radius 2 is 1.83 bits per heavy atom. The normalized spacial score (nSPS) is 14.0. The highest BCUT2D eigenvalue weighted by Gasteiger charge is 2.20. The molecule has 0 radical (unpaired) electrons. The minimum Gasteiger partial charge on any atom is -0.383 e. The zero-order chi connectivity index (χ0) is 18.5. The number of nitrogens with zero attached hydrogens (tertiary/aromatic N) is 1. The number of Topliss-reactive ketones (excluding diaryl/α,β-unsaturated/α-hetero) is 1. The minimum absolute atomic E-state index is 0.0163. The number of allylic oxidation sites excluding steroid dienone is 5. The largest absolute Gasteiger partial charge is 0.383 e. The molecule has 0 bridgehead atoms. The van der Waals surface area contributed by atoms with Gasteiger partial charge in [-0.3, -0.25) is 4.79 Å². The van der Waals surface area contributed by atoms with Gasteiger partial charge in [-0.05, 0) is 52.5 Å². The Balaban J connectivity index is 6.56. The van der Waals surface area contributed by atoms with E-state index in [0.29, 0.717) is 11.4 Å². The van der Waals surface area contributed by atoms with Crippen molar-refractivity contribution in [2.75, 3.05) is 0 Å². The lowest BCUT2D eigenvalue weighted by Crippen LogP contribution is -2.12. The van der Waals surface area contributed by atoms with Gasteiger partial charge in [0.2, 0.25) is 0 Å². The van der Waals surface area contributed by atoms with Crippen LogP contribution in [0.5, 0.6) is 0 Å². The lowest BCUT2D eigenvalue weighted by Gasteiger charge is -2.16. The van der Waals surface area contributed by atoms with E-state index in [-0.39, 0.29) is 5.78 Å². The smallest absolute Gasteiger partial charge is 0.161 e. The molecule has 3 nitrogen and oxygen atoms in total. The topological polar surface area (TPSA) is 55.5 Å². The van der Waals surface area contributed by atoms with Crippen molar-refractivity contribution in [3.05, 3.63) is 34.2 Å². The van der Waals surface area contributed by atoms with Crippen LogP contribution >= 0.6 is 0 Å². The zero-order valence-corrected chi connectivity index (χ0v) is 16.1. The van der Waals surface area contributed by atoms with Gasteiger partial charge in [0.15, 0.2) is 5.78 Å². The summed E-state index contributed by atoms with van der Waals surface area (Å²) in [6, 6.07) is 0. The first-order chi connectivity index (χ1) is 11.4. The van der Waals surface area contributed by atoms with Crippen molar-refractivity contribution in [3.8, 4) is 11.8 Å². The Kier molecular flexibility index (Phi) is 11.3. The van der Waals surface area contributed by atoms with Crippen molar-refractivity contribution in [1.82, 2.24) is 0 Å². The number of ketones is 1. The van der Waals surface area contributed by atoms with Gasteiger partial charge in [0.1, 0.15) is 5.82 Å². The maximum atomic E-state index is 12.5. The fourth-order valence-electron chi connectivity index (χ4n) is 2.49. The van der Waals surface area contributed by atoms with Crippen molar-refractivity contribution < 1.29 is 4.79 Å². The van der Waals surface area contributed by atoms with Crippen LogP contribution in [0.25, 0.3) is 0 Å². The number of unbranched alkanes of at least 4 members (excludes halogenated alkanes) is 2. The number of carbonyl (C=O) groups is 1. The van der Waals surface area contributed by atoms with Gasteiger partial charge in [-0.2, -0.15) is 0 Å². The first kappa shape index (κ1) is 21.9. The third-order valence-corrected chi connectivity index (χ3v) is 3.62.